The number of sulfonamides is 1. The number of nitrogens with zero attached hydrogens (tertiary/aromatic N) is 3. The summed E-state index contributed by atoms with van der Waals surface area (Å²) in [7, 11) is -1.75. The van der Waals surface area contributed by atoms with Crippen molar-refractivity contribution in [2.24, 2.45) is 0 Å². The Balaban J connectivity index is 2.18. The zero-order chi connectivity index (χ0) is 13.7. The molecule has 0 radical (unpaired) electrons. The number of rotatable bonds is 3. The van der Waals surface area contributed by atoms with Gasteiger partial charge >= 0.3 is 0 Å². The van der Waals surface area contributed by atoms with E-state index < -0.39 is 10.0 Å². The Bertz CT molecular complexity index is 493. The first-order valence-corrected chi connectivity index (χ1v) is 8.08. The van der Waals surface area contributed by atoms with Crippen LogP contribution in [0.15, 0.2) is 17.3 Å². The maximum Gasteiger partial charge on any atom is 0.246 e. The topological polar surface area (TPSA) is 75.2 Å². The molecule has 2 rings (SSSR count). The number of anilines is 1. The molecule has 1 N–H and O–H groups in total. The molecule has 0 aromatic carbocycles. The second-order valence-electron chi connectivity index (χ2n) is 4.66. The molecule has 7 heteroatoms. The van der Waals surface area contributed by atoms with E-state index in [1.807, 2.05) is 0 Å². The van der Waals surface area contributed by atoms with E-state index in [1.54, 1.807) is 11.4 Å². The third-order valence-corrected chi connectivity index (χ3v) is 5.16. The van der Waals surface area contributed by atoms with Crippen molar-refractivity contribution in [2.75, 3.05) is 25.5 Å². The molecule has 0 spiro atoms. The fourth-order valence-electron chi connectivity index (χ4n) is 2.19. The van der Waals surface area contributed by atoms with E-state index in [9.17, 15) is 8.42 Å². The van der Waals surface area contributed by atoms with Crippen LogP contribution >= 0.6 is 0 Å². The van der Waals surface area contributed by atoms with Gasteiger partial charge in [-0.1, -0.05) is 19.3 Å². The summed E-state index contributed by atoms with van der Waals surface area (Å²) in [4.78, 5) is 8.12. The summed E-state index contributed by atoms with van der Waals surface area (Å²) in [5.41, 5.74) is 0. The smallest absolute Gasteiger partial charge is 0.246 e. The predicted octanol–water partition coefficient (Wildman–Crippen LogP) is 1.47. The molecule has 0 unspecified atom stereocenters. The average Bonchev–Trinajstić information content (AvgIpc) is 2.38. The number of hydrogen-bond donors (Lipinski definition) is 1. The lowest BCUT2D eigenvalue weighted by molar-refractivity contribution is 0.364. The van der Waals surface area contributed by atoms with E-state index in [0.717, 1.165) is 25.7 Å². The molecule has 0 saturated carbocycles. The van der Waals surface area contributed by atoms with Crippen molar-refractivity contribution in [1.82, 2.24) is 14.3 Å². The van der Waals surface area contributed by atoms with E-state index in [1.165, 1.54) is 18.8 Å². The van der Waals surface area contributed by atoms with Gasteiger partial charge in [-0.3, -0.25) is 0 Å². The molecule has 0 aliphatic carbocycles. The lowest BCUT2D eigenvalue weighted by Crippen LogP contribution is -2.34. The second-order valence-corrected chi connectivity index (χ2v) is 6.60. The summed E-state index contributed by atoms with van der Waals surface area (Å²) in [5.74, 6) is 0.423. The van der Waals surface area contributed by atoms with Gasteiger partial charge in [0.25, 0.3) is 0 Å². The summed E-state index contributed by atoms with van der Waals surface area (Å²) < 4.78 is 26.5. The Kier molecular flexibility index (Phi) is 4.71. The molecule has 1 aliphatic rings. The summed E-state index contributed by atoms with van der Waals surface area (Å²) in [5, 5.41) is 2.77. The van der Waals surface area contributed by atoms with Gasteiger partial charge in [0.15, 0.2) is 0 Å². The minimum Gasteiger partial charge on any atom is -0.357 e. The van der Waals surface area contributed by atoms with Gasteiger partial charge in [-0.15, -0.1) is 0 Å². The Labute approximate surface area is 114 Å². The first-order chi connectivity index (χ1) is 9.14. The lowest BCUT2D eigenvalue weighted by atomic mass is 10.1. The van der Waals surface area contributed by atoms with Crippen LogP contribution in [0.2, 0.25) is 0 Å². The average molecular weight is 284 g/mol. The van der Waals surface area contributed by atoms with Crippen molar-refractivity contribution in [3.8, 4) is 0 Å². The molecule has 0 amide bonds. The lowest BCUT2D eigenvalue weighted by Gasteiger charge is -2.23. The first kappa shape index (κ1) is 14.2. The number of aromatic nitrogens is 2. The molecule has 1 fully saturated rings. The Morgan fingerprint density at radius 3 is 2.11 bits per heavy atom. The fourth-order valence-corrected chi connectivity index (χ4v) is 3.60. The van der Waals surface area contributed by atoms with E-state index in [2.05, 4.69) is 15.3 Å². The van der Waals surface area contributed by atoms with Gasteiger partial charge in [0.2, 0.25) is 16.0 Å². The van der Waals surface area contributed by atoms with Crippen LogP contribution in [-0.4, -0.2) is 42.8 Å². The molecule has 1 aliphatic heterocycles. The van der Waals surface area contributed by atoms with E-state index >= 15 is 0 Å². The van der Waals surface area contributed by atoms with Crippen molar-refractivity contribution >= 4 is 16.0 Å². The standard InChI is InChI=1S/C12H20N4O2S/c1-13-12-14-9-11(10-15-12)19(17,18)16-7-5-3-2-4-6-8-16/h9-10H,2-8H2,1H3,(H,13,14,15). The maximum atomic E-state index is 12.5. The van der Waals surface area contributed by atoms with Crippen molar-refractivity contribution in [2.45, 2.75) is 37.0 Å². The van der Waals surface area contributed by atoms with Gasteiger partial charge in [-0.2, -0.15) is 4.31 Å². The van der Waals surface area contributed by atoms with Gasteiger partial charge in [0.05, 0.1) is 12.4 Å². The van der Waals surface area contributed by atoms with E-state index in [-0.39, 0.29) is 4.90 Å². The van der Waals surface area contributed by atoms with Gasteiger partial charge in [0, 0.05) is 20.1 Å². The molecular formula is C12H20N4O2S. The van der Waals surface area contributed by atoms with Crippen LogP contribution in [0.1, 0.15) is 32.1 Å². The molecule has 106 valence electrons. The summed E-state index contributed by atoms with van der Waals surface area (Å²) >= 11 is 0. The highest BCUT2D eigenvalue weighted by Crippen LogP contribution is 2.19. The van der Waals surface area contributed by atoms with Crippen molar-refractivity contribution in [3.63, 3.8) is 0 Å². The Morgan fingerprint density at radius 2 is 1.58 bits per heavy atom. The van der Waals surface area contributed by atoms with Crippen LogP contribution in [0.5, 0.6) is 0 Å². The SMILES string of the molecule is CNc1ncc(S(=O)(=O)N2CCCCCCC2)cn1. The molecular weight excluding hydrogens is 264 g/mol. The minimum absolute atomic E-state index is 0.173. The highest BCUT2D eigenvalue weighted by molar-refractivity contribution is 7.89. The van der Waals surface area contributed by atoms with Crippen LogP contribution in [0.3, 0.4) is 0 Å². The molecule has 1 aromatic heterocycles. The summed E-state index contributed by atoms with van der Waals surface area (Å²) in [6.45, 7) is 1.19. The Morgan fingerprint density at radius 1 is 1.05 bits per heavy atom. The molecule has 0 bridgehead atoms. The first-order valence-electron chi connectivity index (χ1n) is 6.64. The second kappa shape index (κ2) is 6.29. The van der Waals surface area contributed by atoms with Gasteiger partial charge in [-0.25, -0.2) is 18.4 Å². The molecule has 2 heterocycles. The van der Waals surface area contributed by atoms with Gasteiger partial charge < -0.3 is 5.32 Å². The molecule has 6 nitrogen and oxygen atoms in total. The highest BCUT2D eigenvalue weighted by Gasteiger charge is 2.25. The summed E-state index contributed by atoms with van der Waals surface area (Å²) in [6.07, 6.45) is 7.99. The molecule has 1 saturated heterocycles. The molecule has 0 atom stereocenters. The minimum atomic E-state index is -3.45. The van der Waals surface area contributed by atoms with Crippen molar-refractivity contribution in [3.05, 3.63) is 12.4 Å². The predicted molar refractivity (Wildman–Crippen MR) is 73.4 cm³/mol. The third-order valence-electron chi connectivity index (χ3n) is 3.30. The monoisotopic (exact) mass is 284 g/mol. The summed E-state index contributed by atoms with van der Waals surface area (Å²) in [6, 6.07) is 0. The van der Waals surface area contributed by atoms with Gasteiger partial charge in [-0.05, 0) is 12.8 Å². The quantitative estimate of drug-likeness (QED) is 0.909. The normalized spacial score (nSPS) is 18.6. The zero-order valence-corrected chi connectivity index (χ0v) is 12.0. The van der Waals surface area contributed by atoms with E-state index in [0.29, 0.717) is 19.0 Å². The number of nitrogens with one attached hydrogen (secondary N) is 1. The molecule has 19 heavy (non-hydrogen) atoms. The molecule has 1 aromatic rings. The fraction of sp³-hybridized carbons (Fsp3) is 0.667. The Hall–Kier alpha value is -1.21. The van der Waals surface area contributed by atoms with Crippen LogP contribution in [-0.2, 0) is 10.0 Å². The zero-order valence-electron chi connectivity index (χ0n) is 11.2. The largest absolute Gasteiger partial charge is 0.357 e. The maximum absolute atomic E-state index is 12.5. The van der Waals surface area contributed by atoms with Crippen LogP contribution in [0.25, 0.3) is 0 Å². The van der Waals surface area contributed by atoms with Crippen LogP contribution in [0.4, 0.5) is 5.95 Å². The third kappa shape index (κ3) is 3.42. The van der Waals surface area contributed by atoms with Crippen LogP contribution in [0, 0.1) is 0 Å². The van der Waals surface area contributed by atoms with Gasteiger partial charge in [0.1, 0.15) is 4.90 Å². The highest BCUT2D eigenvalue weighted by atomic mass is 32.2. The van der Waals surface area contributed by atoms with Crippen molar-refractivity contribution in [1.29, 1.82) is 0 Å². The van der Waals surface area contributed by atoms with E-state index in [4.69, 9.17) is 0 Å². The number of hydrogen-bond acceptors (Lipinski definition) is 5. The van der Waals surface area contributed by atoms with Crippen molar-refractivity contribution < 1.29 is 8.42 Å². The van der Waals surface area contributed by atoms with Crippen LogP contribution < -0.4 is 5.32 Å².